The first-order valence-electron chi connectivity index (χ1n) is 7.82. The molecule has 0 aromatic heterocycles. The maximum absolute atomic E-state index is 12.0. The summed E-state index contributed by atoms with van der Waals surface area (Å²) in [5, 5.41) is 5.78. The predicted molar refractivity (Wildman–Crippen MR) is 106 cm³/mol. The number of carbonyl (C=O) groups excluding carboxylic acids is 2. The Hall–Kier alpha value is -2.11. The van der Waals surface area contributed by atoms with Crippen molar-refractivity contribution in [2.24, 2.45) is 0 Å². The van der Waals surface area contributed by atoms with Crippen molar-refractivity contribution in [1.82, 2.24) is 5.32 Å². The summed E-state index contributed by atoms with van der Waals surface area (Å²) in [6.45, 7) is 2.56. The quantitative estimate of drug-likeness (QED) is 0.652. The Bertz CT molecular complexity index is 806. The molecule has 0 unspecified atom stereocenters. The minimum absolute atomic E-state index is 0.224. The summed E-state index contributed by atoms with van der Waals surface area (Å²) < 4.78 is 0.907. The van der Waals surface area contributed by atoms with Gasteiger partial charge in [-0.3, -0.25) is 9.59 Å². The number of benzene rings is 2. The normalized spacial score (nSPS) is 10.7. The summed E-state index contributed by atoms with van der Waals surface area (Å²) >= 11 is 9.57. The minimum atomic E-state index is -0.282. The summed E-state index contributed by atoms with van der Waals surface area (Å²) in [7, 11) is 0. The molecule has 4 nitrogen and oxygen atoms in total. The van der Waals surface area contributed by atoms with Crippen molar-refractivity contribution >= 4 is 51.1 Å². The van der Waals surface area contributed by atoms with Gasteiger partial charge >= 0.3 is 0 Å². The number of halogens is 2. The van der Waals surface area contributed by atoms with Crippen molar-refractivity contribution in [3.63, 3.8) is 0 Å². The van der Waals surface area contributed by atoms with Crippen LogP contribution in [0.2, 0.25) is 5.02 Å². The van der Waals surface area contributed by atoms with Crippen LogP contribution in [0.1, 0.15) is 29.3 Å². The van der Waals surface area contributed by atoms with E-state index in [2.05, 4.69) is 26.6 Å². The zero-order valence-corrected chi connectivity index (χ0v) is 16.0. The molecule has 130 valence electrons. The molecule has 2 rings (SSSR count). The van der Waals surface area contributed by atoms with Gasteiger partial charge in [-0.15, -0.1) is 0 Å². The highest BCUT2D eigenvalue weighted by molar-refractivity contribution is 9.10. The van der Waals surface area contributed by atoms with Gasteiger partial charge in [-0.25, -0.2) is 0 Å². The average Bonchev–Trinajstić information content (AvgIpc) is 2.59. The lowest BCUT2D eigenvalue weighted by Crippen LogP contribution is -2.24. The van der Waals surface area contributed by atoms with Crippen molar-refractivity contribution < 1.29 is 9.59 Å². The molecule has 0 aliphatic rings. The molecular formula is C19H18BrClN2O2. The summed E-state index contributed by atoms with van der Waals surface area (Å²) in [4.78, 5) is 24.0. The Morgan fingerprint density at radius 3 is 2.64 bits per heavy atom. The molecule has 2 aromatic rings. The van der Waals surface area contributed by atoms with E-state index >= 15 is 0 Å². The highest BCUT2D eigenvalue weighted by Crippen LogP contribution is 2.21. The fourth-order valence-electron chi connectivity index (χ4n) is 2.07. The van der Waals surface area contributed by atoms with Gasteiger partial charge < -0.3 is 10.6 Å². The third-order valence-corrected chi connectivity index (χ3v) is 4.37. The summed E-state index contributed by atoms with van der Waals surface area (Å²) in [5.41, 5.74) is 1.81. The first-order chi connectivity index (χ1) is 12.0. The van der Waals surface area contributed by atoms with E-state index in [-0.39, 0.29) is 11.8 Å². The molecule has 0 aliphatic heterocycles. The Kier molecular flexibility index (Phi) is 7.22. The second kappa shape index (κ2) is 9.39. The fraction of sp³-hybridized carbons (Fsp3) is 0.158. The van der Waals surface area contributed by atoms with Crippen molar-refractivity contribution in [3.8, 4) is 0 Å². The number of amides is 2. The van der Waals surface area contributed by atoms with Crippen LogP contribution in [-0.2, 0) is 4.79 Å². The third kappa shape index (κ3) is 5.73. The minimum Gasteiger partial charge on any atom is -0.352 e. The second-order valence-electron chi connectivity index (χ2n) is 5.29. The van der Waals surface area contributed by atoms with Gasteiger partial charge in [0.1, 0.15) is 0 Å². The molecule has 0 fully saturated rings. The molecule has 25 heavy (non-hydrogen) atoms. The Morgan fingerprint density at radius 1 is 1.20 bits per heavy atom. The van der Waals surface area contributed by atoms with Crippen LogP contribution in [0.15, 0.2) is 53.0 Å². The summed E-state index contributed by atoms with van der Waals surface area (Å²) in [5.74, 6) is -0.506. The first-order valence-corrected chi connectivity index (χ1v) is 8.99. The summed E-state index contributed by atoms with van der Waals surface area (Å²) in [6, 6.07) is 12.4. The van der Waals surface area contributed by atoms with Crippen LogP contribution in [0.5, 0.6) is 0 Å². The molecule has 2 aromatic carbocycles. The van der Waals surface area contributed by atoms with E-state index < -0.39 is 0 Å². The van der Waals surface area contributed by atoms with Crippen LogP contribution >= 0.6 is 27.5 Å². The van der Waals surface area contributed by atoms with Gasteiger partial charge in [-0.2, -0.15) is 0 Å². The van der Waals surface area contributed by atoms with Gasteiger partial charge in [0.05, 0.1) is 10.6 Å². The topological polar surface area (TPSA) is 58.2 Å². The molecule has 2 amide bonds. The van der Waals surface area contributed by atoms with E-state index in [0.717, 1.165) is 16.5 Å². The van der Waals surface area contributed by atoms with Crippen molar-refractivity contribution in [2.75, 3.05) is 11.9 Å². The third-order valence-electron chi connectivity index (χ3n) is 3.34. The van der Waals surface area contributed by atoms with E-state index in [1.165, 1.54) is 6.08 Å². The van der Waals surface area contributed by atoms with E-state index in [4.69, 9.17) is 11.6 Å². The van der Waals surface area contributed by atoms with Crippen molar-refractivity contribution in [1.29, 1.82) is 0 Å². The number of carbonyl (C=O) groups is 2. The molecule has 0 atom stereocenters. The van der Waals surface area contributed by atoms with Gasteiger partial charge in [0.2, 0.25) is 5.91 Å². The molecule has 0 heterocycles. The predicted octanol–water partition coefficient (Wildman–Crippen LogP) is 4.89. The maximum Gasteiger partial charge on any atom is 0.252 e. The monoisotopic (exact) mass is 420 g/mol. The maximum atomic E-state index is 12.0. The van der Waals surface area contributed by atoms with Gasteiger partial charge in [0, 0.05) is 22.8 Å². The molecule has 6 heteroatoms. The zero-order chi connectivity index (χ0) is 18.2. The van der Waals surface area contributed by atoms with Crippen LogP contribution in [-0.4, -0.2) is 18.4 Å². The van der Waals surface area contributed by atoms with Crippen LogP contribution in [0.4, 0.5) is 5.69 Å². The lowest BCUT2D eigenvalue weighted by molar-refractivity contribution is -0.111. The molecule has 2 N–H and O–H groups in total. The van der Waals surface area contributed by atoms with Gasteiger partial charge in [-0.1, -0.05) is 52.7 Å². The Balaban J connectivity index is 2.03. The lowest BCUT2D eigenvalue weighted by Gasteiger charge is -2.08. The Morgan fingerprint density at radius 2 is 1.96 bits per heavy atom. The SMILES string of the molecule is CCCNC(=O)c1ccc(NC(=O)C=Cc2ccccc2Br)cc1Cl. The molecule has 0 radical (unpaired) electrons. The van der Waals surface area contributed by atoms with Crippen LogP contribution in [0, 0.1) is 0 Å². The van der Waals surface area contributed by atoms with Crippen molar-refractivity contribution in [3.05, 3.63) is 69.2 Å². The van der Waals surface area contributed by atoms with Gasteiger partial charge in [-0.05, 0) is 42.3 Å². The average molecular weight is 422 g/mol. The highest BCUT2D eigenvalue weighted by Gasteiger charge is 2.10. The van der Waals surface area contributed by atoms with Gasteiger partial charge in [0.25, 0.3) is 5.91 Å². The molecule has 0 bridgehead atoms. The standard InChI is InChI=1S/C19H18BrClN2O2/c1-2-11-22-19(25)15-9-8-14(12-17(15)21)23-18(24)10-7-13-5-3-4-6-16(13)20/h3-10,12H,2,11H2,1H3,(H,22,25)(H,23,24). The fourth-order valence-corrected chi connectivity index (χ4v) is 2.75. The molecular weight excluding hydrogens is 404 g/mol. The van der Waals surface area contributed by atoms with Crippen LogP contribution in [0.3, 0.4) is 0 Å². The number of nitrogens with one attached hydrogen (secondary N) is 2. The molecule has 0 aliphatic carbocycles. The zero-order valence-electron chi connectivity index (χ0n) is 13.7. The number of rotatable bonds is 6. The lowest BCUT2D eigenvalue weighted by atomic mass is 10.2. The molecule has 0 saturated carbocycles. The van der Waals surface area contributed by atoms with Crippen LogP contribution < -0.4 is 10.6 Å². The smallest absolute Gasteiger partial charge is 0.252 e. The largest absolute Gasteiger partial charge is 0.352 e. The first kappa shape index (κ1) is 19.2. The van der Waals surface area contributed by atoms with Crippen LogP contribution in [0.25, 0.3) is 6.08 Å². The Labute approximate surface area is 160 Å². The van der Waals surface area contributed by atoms with E-state index in [9.17, 15) is 9.59 Å². The highest BCUT2D eigenvalue weighted by atomic mass is 79.9. The second-order valence-corrected chi connectivity index (χ2v) is 6.56. The number of hydrogen-bond acceptors (Lipinski definition) is 2. The van der Waals surface area contributed by atoms with Gasteiger partial charge in [0.15, 0.2) is 0 Å². The summed E-state index contributed by atoms with van der Waals surface area (Å²) in [6.07, 6.45) is 4.00. The number of anilines is 1. The molecule has 0 spiro atoms. The van der Waals surface area contributed by atoms with E-state index in [0.29, 0.717) is 22.8 Å². The van der Waals surface area contributed by atoms with Crippen molar-refractivity contribution in [2.45, 2.75) is 13.3 Å². The van der Waals surface area contributed by atoms with E-state index in [1.807, 2.05) is 31.2 Å². The number of hydrogen-bond donors (Lipinski definition) is 2. The van der Waals surface area contributed by atoms with E-state index in [1.54, 1.807) is 24.3 Å². The molecule has 0 saturated heterocycles.